The van der Waals surface area contributed by atoms with E-state index in [0.29, 0.717) is 6.54 Å². The van der Waals surface area contributed by atoms with Crippen LogP contribution in [0.25, 0.3) is 11.0 Å². The summed E-state index contributed by atoms with van der Waals surface area (Å²) in [4.78, 5) is 7.24. The second-order valence-electron chi connectivity index (χ2n) is 2.90. The van der Waals surface area contributed by atoms with E-state index in [4.69, 9.17) is 5.73 Å². The SMILES string of the molecule is NCCc1cc2[nH]cnc2cc1Br. The molecule has 0 aliphatic rings. The van der Waals surface area contributed by atoms with Gasteiger partial charge in [-0.1, -0.05) is 15.9 Å². The van der Waals surface area contributed by atoms with Gasteiger partial charge in [0, 0.05) is 4.47 Å². The third-order valence-corrected chi connectivity index (χ3v) is 2.74. The van der Waals surface area contributed by atoms with E-state index in [1.807, 2.05) is 6.07 Å². The summed E-state index contributed by atoms with van der Waals surface area (Å²) in [6.07, 6.45) is 2.58. The molecular formula is C9H10BrN3. The monoisotopic (exact) mass is 239 g/mol. The molecule has 0 saturated heterocycles. The molecule has 4 heteroatoms. The lowest BCUT2D eigenvalue weighted by molar-refractivity contribution is 0.965. The lowest BCUT2D eigenvalue weighted by Gasteiger charge is -2.01. The Labute approximate surface area is 84.5 Å². The Hall–Kier alpha value is -0.870. The number of nitrogens with two attached hydrogens (primary N) is 1. The molecule has 1 heterocycles. The highest BCUT2D eigenvalue weighted by Crippen LogP contribution is 2.22. The highest BCUT2D eigenvalue weighted by molar-refractivity contribution is 9.10. The van der Waals surface area contributed by atoms with Crippen molar-refractivity contribution in [3.8, 4) is 0 Å². The number of hydrogen-bond acceptors (Lipinski definition) is 2. The topological polar surface area (TPSA) is 54.7 Å². The van der Waals surface area contributed by atoms with Crippen molar-refractivity contribution >= 4 is 27.0 Å². The van der Waals surface area contributed by atoms with E-state index >= 15 is 0 Å². The van der Waals surface area contributed by atoms with Crippen LogP contribution in [0, 0.1) is 0 Å². The standard InChI is InChI=1S/C9H10BrN3/c10-7-4-9-8(12-5-13-9)3-6(7)1-2-11/h3-5H,1-2,11H2,(H,12,13). The maximum Gasteiger partial charge on any atom is 0.0931 e. The average Bonchev–Trinajstić information content (AvgIpc) is 2.52. The fourth-order valence-corrected chi connectivity index (χ4v) is 1.88. The van der Waals surface area contributed by atoms with Gasteiger partial charge in [-0.2, -0.15) is 0 Å². The second-order valence-corrected chi connectivity index (χ2v) is 3.76. The summed E-state index contributed by atoms with van der Waals surface area (Å²) in [5.41, 5.74) is 8.76. The molecule has 0 radical (unpaired) electrons. The Morgan fingerprint density at radius 3 is 3.08 bits per heavy atom. The van der Waals surface area contributed by atoms with Gasteiger partial charge < -0.3 is 10.7 Å². The van der Waals surface area contributed by atoms with Crippen molar-refractivity contribution in [2.75, 3.05) is 6.54 Å². The number of nitrogens with zero attached hydrogens (tertiary/aromatic N) is 1. The molecule has 3 N–H and O–H groups in total. The molecule has 0 fully saturated rings. The van der Waals surface area contributed by atoms with Crippen LogP contribution in [0.2, 0.25) is 0 Å². The zero-order chi connectivity index (χ0) is 9.26. The summed E-state index contributed by atoms with van der Waals surface area (Å²) in [5.74, 6) is 0. The molecule has 0 atom stereocenters. The van der Waals surface area contributed by atoms with Gasteiger partial charge in [-0.15, -0.1) is 0 Å². The quantitative estimate of drug-likeness (QED) is 0.841. The first-order valence-electron chi connectivity index (χ1n) is 4.13. The molecule has 1 aromatic carbocycles. The molecule has 0 bridgehead atoms. The Bertz CT molecular complexity index is 422. The first-order chi connectivity index (χ1) is 6.31. The first kappa shape index (κ1) is 8.72. The van der Waals surface area contributed by atoms with Crippen molar-refractivity contribution in [3.63, 3.8) is 0 Å². The molecule has 0 unspecified atom stereocenters. The van der Waals surface area contributed by atoms with E-state index < -0.39 is 0 Å². The molecule has 13 heavy (non-hydrogen) atoms. The fourth-order valence-electron chi connectivity index (χ4n) is 1.35. The zero-order valence-electron chi connectivity index (χ0n) is 7.05. The number of rotatable bonds is 2. The van der Waals surface area contributed by atoms with E-state index in [2.05, 4.69) is 32.0 Å². The van der Waals surface area contributed by atoms with Crippen LogP contribution in [0.15, 0.2) is 22.9 Å². The van der Waals surface area contributed by atoms with Crippen molar-refractivity contribution in [1.29, 1.82) is 0 Å². The van der Waals surface area contributed by atoms with Crippen molar-refractivity contribution in [3.05, 3.63) is 28.5 Å². The Kier molecular flexibility index (Phi) is 2.33. The Balaban J connectivity index is 2.56. The van der Waals surface area contributed by atoms with Crippen LogP contribution in [-0.4, -0.2) is 16.5 Å². The molecule has 0 amide bonds. The molecule has 0 aliphatic heterocycles. The van der Waals surface area contributed by atoms with Crippen molar-refractivity contribution in [2.45, 2.75) is 6.42 Å². The van der Waals surface area contributed by atoms with Crippen LogP contribution in [0.4, 0.5) is 0 Å². The third kappa shape index (κ3) is 1.59. The normalized spacial score (nSPS) is 10.9. The lowest BCUT2D eigenvalue weighted by Crippen LogP contribution is -2.03. The van der Waals surface area contributed by atoms with Gasteiger partial charge in [0.15, 0.2) is 0 Å². The number of fused-ring (bicyclic) bond motifs is 1. The van der Waals surface area contributed by atoms with Crippen molar-refractivity contribution in [2.24, 2.45) is 5.73 Å². The number of hydrogen-bond donors (Lipinski definition) is 2. The zero-order valence-corrected chi connectivity index (χ0v) is 8.63. The number of aromatic nitrogens is 2. The van der Waals surface area contributed by atoms with E-state index in [1.54, 1.807) is 6.33 Å². The maximum absolute atomic E-state index is 5.50. The largest absolute Gasteiger partial charge is 0.345 e. The number of H-pyrrole nitrogens is 1. The van der Waals surface area contributed by atoms with Gasteiger partial charge in [0.1, 0.15) is 0 Å². The minimum Gasteiger partial charge on any atom is -0.345 e. The number of benzene rings is 1. The van der Waals surface area contributed by atoms with Gasteiger partial charge in [0.2, 0.25) is 0 Å². The van der Waals surface area contributed by atoms with Gasteiger partial charge in [-0.3, -0.25) is 0 Å². The predicted octanol–water partition coefficient (Wildman–Crippen LogP) is 1.83. The predicted molar refractivity (Wildman–Crippen MR) is 56.6 cm³/mol. The highest BCUT2D eigenvalue weighted by Gasteiger charge is 2.03. The van der Waals surface area contributed by atoms with E-state index in [9.17, 15) is 0 Å². The van der Waals surface area contributed by atoms with Crippen LogP contribution in [0.3, 0.4) is 0 Å². The van der Waals surface area contributed by atoms with Gasteiger partial charge in [0.05, 0.1) is 17.4 Å². The summed E-state index contributed by atoms with van der Waals surface area (Å²) in [5, 5.41) is 0. The van der Waals surface area contributed by atoms with Gasteiger partial charge >= 0.3 is 0 Å². The minimum absolute atomic E-state index is 0.665. The summed E-state index contributed by atoms with van der Waals surface area (Å²) in [6, 6.07) is 4.09. The molecule has 0 aliphatic carbocycles. The Morgan fingerprint density at radius 2 is 2.31 bits per heavy atom. The highest BCUT2D eigenvalue weighted by atomic mass is 79.9. The number of nitrogens with one attached hydrogen (secondary N) is 1. The molecular weight excluding hydrogens is 230 g/mol. The fraction of sp³-hybridized carbons (Fsp3) is 0.222. The van der Waals surface area contributed by atoms with Crippen molar-refractivity contribution < 1.29 is 0 Å². The molecule has 1 aromatic heterocycles. The van der Waals surface area contributed by atoms with E-state index in [0.717, 1.165) is 21.9 Å². The van der Waals surface area contributed by atoms with Crippen LogP contribution in [0.5, 0.6) is 0 Å². The van der Waals surface area contributed by atoms with Crippen LogP contribution in [0.1, 0.15) is 5.56 Å². The van der Waals surface area contributed by atoms with Crippen LogP contribution in [-0.2, 0) is 6.42 Å². The summed E-state index contributed by atoms with van der Waals surface area (Å²) < 4.78 is 1.08. The average molecular weight is 240 g/mol. The van der Waals surface area contributed by atoms with E-state index in [1.165, 1.54) is 5.56 Å². The Morgan fingerprint density at radius 1 is 1.46 bits per heavy atom. The molecule has 0 saturated carbocycles. The third-order valence-electron chi connectivity index (χ3n) is 2.00. The maximum atomic E-state index is 5.50. The summed E-state index contributed by atoms with van der Waals surface area (Å²) in [6.45, 7) is 0.665. The number of halogens is 1. The van der Waals surface area contributed by atoms with Gasteiger partial charge in [-0.05, 0) is 30.7 Å². The van der Waals surface area contributed by atoms with Crippen molar-refractivity contribution in [1.82, 2.24) is 9.97 Å². The number of imidazole rings is 1. The molecule has 68 valence electrons. The summed E-state index contributed by atoms with van der Waals surface area (Å²) in [7, 11) is 0. The molecule has 2 rings (SSSR count). The first-order valence-corrected chi connectivity index (χ1v) is 4.92. The van der Waals surface area contributed by atoms with Gasteiger partial charge in [0.25, 0.3) is 0 Å². The molecule has 0 spiro atoms. The second kappa shape index (κ2) is 3.47. The molecule has 2 aromatic rings. The van der Waals surface area contributed by atoms with Gasteiger partial charge in [-0.25, -0.2) is 4.98 Å². The number of aromatic amines is 1. The van der Waals surface area contributed by atoms with E-state index in [-0.39, 0.29) is 0 Å². The lowest BCUT2D eigenvalue weighted by atomic mass is 10.1. The van der Waals surface area contributed by atoms with Crippen LogP contribution < -0.4 is 5.73 Å². The summed E-state index contributed by atoms with van der Waals surface area (Å²) >= 11 is 3.49. The smallest absolute Gasteiger partial charge is 0.0931 e. The molecule has 3 nitrogen and oxygen atoms in total. The van der Waals surface area contributed by atoms with Crippen LogP contribution >= 0.6 is 15.9 Å². The minimum atomic E-state index is 0.665.